The third kappa shape index (κ3) is 4.91. The van der Waals surface area contributed by atoms with Gasteiger partial charge in [0.15, 0.2) is 5.76 Å². The molecule has 20 heavy (non-hydrogen) atoms. The van der Waals surface area contributed by atoms with Crippen LogP contribution in [0.2, 0.25) is 0 Å². The van der Waals surface area contributed by atoms with Crippen molar-refractivity contribution in [2.75, 3.05) is 13.6 Å². The molecule has 0 amide bonds. The van der Waals surface area contributed by atoms with Gasteiger partial charge in [-0.25, -0.2) is 0 Å². The van der Waals surface area contributed by atoms with Crippen LogP contribution in [0.25, 0.3) is 0 Å². The fourth-order valence-corrected chi connectivity index (χ4v) is 2.98. The molecule has 0 unspecified atom stereocenters. The van der Waals surface area contributed by atoms with E-state index >= 15 is 0 Å². The second-order valence-electron chi connectivity index (χ2n) is 6.02. The maximum atomic E-state index is 5.46. The van der Waals surface area contributed by atoms with Crippen molar-refractivity contribution in [3.8, 4) is 0 Å². The van der Waals surface area contributed by atoms with Crippen molar-refractivity contribution in [2.45, 2.75) is 71.0 Å². The van der Waals surface area contributed by atoms with Gasteiger partial charge in [0.25, 0.3) is 0 Å². The predicted molar refractivity (Wildman–Crippen MR) is 81.5 cm³/mol. The summed E-state index contributed by atoms with van der Waals surface area (Å²) in [5.41, 5.74) is 1.02. The lowest BCUT2D eigenvalue weighted by atomic mass is 10.1. The summed E-state index contributed by atoms with van der Waals surface area (Å²) >= 11 is 0. The van der Waals surface area contributed by atoms with E-state index in [0.29, 0.717) is 6.04 Å². The normalized spacial score (nSPS) is 17.6. The van der Waals surface area contributed by atoms with Gasteiger partial charge >= 0.3 is 0 Å². The largest absolute Gasteiger partial charge is 0.360 e. The Kier molecular flexibility index (Phi) is 6.54. The zero-order valence-electron chi connectivity index (χ0n) is 13.0. The first-order chi connectivity index (χ1) is 9.79. The van der Waals surface area contributed by atoms with Crippen molar-refractivity contribution in [2.24, 2.45) is 0 Å². The second-order valence-corrected chi connectivity index (χ2v) is 6.02. The number of nitrogens with one attached hydrogen (secondary N) is 1. The van der Waals surface area contributed by atoms with Gasteiger partial charge in [-0.05, 0) is 32.9 Å². The molecule has 1 aromatic heterocycles. The molecule has 0 radical (unpaired) electrons. The minimum atomic E-state index is 0.712. The Balaban J connectivity index is 1.79. The molecule has 1 saturated carbocycles. The highest BCUT2D eigenvalue weighted by Gasteiger charge is 2.18. The van der Waals surface area contributed by atoms with Crippen LogP contribution < -0.4 is 5.32 Å². The Morgan fingerprint density at radius 1 is 1.30 bits per heavy atom. The Labute approximate surface area is 122 Å². The Morgan fingerprint density at radius 2 is 2.05 bits per heavy atom. The highest BCUT2D eigenvalue weighted by Crippen LogP contribution is 2.22. The van der Waals surface area contributed by atoms with E-state index in [1.54, 1.807) is 0 Å². The summed E-state index contributed by atoms with van der Waals surface area (Å²) in [6, 6.07) is 2.81. The van der Waals surface area contributed by atoms with E-state index < -0.39 is 0 Å². The molecule has 1 N–H and O–H groups in total. The van der Waals surface area contributed by atoms with Crippen molar-refractivity contribution in [1.29, 1.82) is 0 Å². The van der Waals surface area contributed by atoms with E-state index in [-0.39, 0.29) is 0 Å². The monoisotopic (exact) mass is 279 g/mol. The van der Waals surface area contributed by atoms with E-state index in [1.165, 1.54) is 38.5 Å². The lowest BCUT2D eigenvalue weighted by Gasteiger charge is -2.25. The minimum Gasteiger partial charge on any atom is -0.360 e. The third-order valence-corrected chi connectivity index (χ3v) is 4.19. The van der Waals surface area contributed by atoms with Gasteiger partial charge < -0.3 is 9.84 Å². The molecule has 1 aromatic rings. The van der Waals surface area contributed by atoms with Gasteiger partial charge in [-0.3, -0.25) is 4.90 Å². The molecule has 1 aliphatic rings. The van der Waals surface area contributed by atoms with Crippen LogP contribution in [0.4, 0.5) is 0 Å². The van der Waals surface area contributed by atoms with Crippen LogP contribution in [0.3, 0.4) is 0 Å². The van der Waals surface area contributed by atoms with E-state index in [1.807, 2.05) is 0 Å². The zero-order chi connectivity index (χ0) is 14.2. The van der Waals surface area contributed by atoms with Crippen molar-refractivity contribution < 1.29 is 4.52 Å². The number of hydrogen-bond donors (Lipinski definition) is 1. The number of aromatic nitrogens is 1. The van der Waals surface area contributed by atoms with Gasteiger partial charge in [0.05, 0.1) is 12.2 Å². The summed E-state index contributed by atoms with van der Waals surface area (Å²) in [5, 5.41) is 7.49. The fraction of sp³-hybridized carbons (Fsp3) is 0.812. The molecule has 0 aromatic carbocycles. The first-order valence-corrected chi connectivity index (χ1v) is 8.15. The van der Waals surface area contributed by atoms with Crippen LogP contribution >= 0.6 is 0 Å². The average molecular weight is 279 g/mol. The number of rotatable bonds is 7. The van der Waals surface area contributed by atoms with Crippen LogP contribution in [0.5, 0.6) is 0 Å². The highest BCUT2D eigenvalue weighted by molar-refractivity contribution is 5.05. The second kappa shape index (κ2) is 8.42. The first-order valence-electron chi connectivity index (χ1n) is 8.15. The summed E-state index contributed by atoms with van der Waals surface area (Å²) in [6.45, 7) is 4.89. The standard InChI is InChI=1S/C16H29N3O/c1-3-10-17-12-14-11-16(20-18-14)13-19(2)15-8-6-4-5-7-9-15/h11,15,17H,3-10,12-13H2,1-2H3. The molecular formula is C16H29N3O. The summed E-state index contributed by atoms with van der Waals surface area (Å²) in [6.07, 6.45) is 9.36. The van der Waals surface area contributed by atoms with Crippen LogP contribution in [0, 0.1) is 0 Å². The summed E-state index contributed by atoms with van der Waals surface area (Å²) in [5.74, 6) is 0.991. The molecule has 4 heteroatoms. The van der Waals surface area contributed by atoms with Crippen LogP contribution in [-0.4, -0.2) is 29.7 Å². The Hall–Kier alpha value is -0.870. The smallest absolute Gasteiger partial charge is 0.151 e. The highest BCUT2D eigenvalue weighted by atomic mass is 16.5. The Bertz CT molecular complexity index is 370. The van der Waals surface area contributed by atoms with Gasteiger partial charge in [-0.15, -0.1) is 0 Å². The van der Waals surface area contributed by atoms with E-state index in [0.717, 1.165) is 37.5 Å². The van der Waals surface area contributed by atoms with Gasteiger partial charge in [0, 0.05) is 18.7 Å². The van der Waals surface area contributed by atoms with E-state index in [4.69, 9.17) is 4.52 Å². The van der Waals surface area contributed by atoms with Crippen molar-refractivity contribution in [3.05, 3.63) is 17.5 Å². The van der Waals surface area contributed by atoms with Gasteiger partial charge in [0.2, 0.25) is 0 Å². The van der Waals surface area contributed by atoms with Crippen molar-refractivity contribution >= 4 is 0 Å². The van der Waals surface area contributed by atoms with Gasteiger partial charge in [-0.1, -0.05) is 37.8 Å². The lowest BCUT2D eigenvalue weighted by molar-refractivity contribution is 0.190. The van der Waals surface area contributed by atoms with Crippen molar-refractivity contribution in [3.63, 3.8) is 0 Å². The van der Waals surface area contributed by atoms with E-state index in [2.05, 4.69) is 35.4 Å². The molecule has 4 nitrogen and oxygen atoms in total. The minimum absolute atomic E-state index is 0.712. The summed E-state index contributed by atoms with van der Waals surface area (Å²) in [4.78, 5) is 2.44. The van der Waals surface area contributed by atoms with Crippen molar-refractivity contribution in [1.82, 2.24) is 15.4 Å². The lowest BCUT2D eigenvalue weighted by Crippen LogP contribution is -2.30. The molecule has 0 saturated heterocycles. The Morgan fingerprint density at radius 3 is 2.75 bits per heavy atom. The SMILES string of the molecule is CCCNCc1cc(CN(C)C2CCCCCC2)on1. The molecule has 0 spiro atoms. The molecule has 0 atom stereocenters. The number of hydrogen-bond acceptors (Lipinski definition) is 4. The topological polar surface area (TPSA) is 41.3 Å². The van der Waals surface area contributed by atoms with Crippen LogP contribution in [0.15, 0.2) is 10.6 Å². The molecule has 2 rings (SSSR count). The summed E-state index contributed by atoms with van der Waals surface area (Å²) < 4.78 is 5.46. The first kappa shape index (κ1) is 15.5. The molecular weight excluding hydrogens is 250 g/mol. The van der Waals surface area contributed by atoms with Crippen LogP contribution in [0.1, 0.15) is 63.3 Å². The molecule has 1 fully saturated rings. The third-order valence-electron chi connectivity index (χ3n) is 4.19. The zero-order valence-corrected chi connectivity index (χ0v) is 13.0. The van der Waals surface area contributed by atoms with E-state index in [9.17, 15) is 0 Å². The quantitative estimate of drug-likeness (QED) is 0.614. The average Bonchev–Trinajstić information content (AvgIpc) is 2.72. The molecule has 0 bridgehead atoms. The maximum Gasteiger partial charge on any atom is 0.151 e. The predicted octanol–water partition coefficient (Wildman–Crippen LogP) is 3.33. The van der Waals surface area contributed by atoms with Gasteiger partial charge in [-0.2, -0.15) is 0 Å². The fourth-order valence-electron chi connectivity index (χ4n) is 2.98. The molecule has 1 heterocycles. The maximum absolute atomic E-state index is 5.46. The van der Waals surface area contributed by atoms with Gasteiger partial charge in [0.1, 0.15) is 0 Å². The molecule has 114 valence electrons. The molecule has 0 aliphatic heterocycles. The molecule has 1 aliphatic carbocycles. The van der Waals surface area contributed by atoms with Crippen LogP contribution in [-0.2, 0) is 13.1 Å². The summed E-state index contributed by atoms with van der Waals surface area (Å²) in [7, 11) is 2.22. The number of nitrogens with zero attached hydrogens (tertiary/aromatic N) is 2.